The van der Waals surface area contributed by atoms with Gasteiger partial charge in [0.05, 0.1) is 7.11 Å². The van der Waals surface area contributed by atoms with E-state index in [1.54, 1.807) is 79.3 Å². The van der Waals surface area contributed by atoms with Crippen LogP contribution in [-0.4, -0.2) is 40.7 Å². The van der Waals surface area contributed by atoms with Crippen molar-refractivity contribution in [3.05, 3.63) is 469 Å². The molecule has 17 rings (SSSR count). The van der Waals surface area contributed by atoms with Crippen LogP contribution in [0.5, 0.6) is 5.75 Å². The zero-order chi connectivity index (χ0) is 81.2. The number of ether oxygens (including phenoxy) is 1. The van der Waals surface area contributed by atoms with E-state index in [4.69, 9.17) is 4.74 Å². The molecule has 1 nitrogen and oxygen atoms in total. The Hall–Kier alpha value is -13.0. The molecule has 574 valence electrons. The van der Waals surface area contributed by atoms with Gasteiger partial charge in [-0.15, -0.1) is 0 Å². The van der Waals surface area contributed by atoms with E-state index in [0.29, 0.717) is 46.4 Å². The first kappa shape index (κ1) is 81.0. The van der Waals surface area contributed by atoms with Gasteiger partial charge in [0, 0.05) is 7.28 Å². The second kappa shape index (κ2) is 37.3. The van der Waals surface area contributed by atoms with Crippen molar-refractivity contribution in [2.75, 3.05) is 7.11 Å². The fraction of sp³-hybridized carbons (Fsp3) is 0.0577. The summed E-state index contributed by atoms with van der Waals surface area (Å²) >= 11 is 0. The SMILES string of the molecule is COc1ccc([B-](c2cccc(F)c2)(c2cccc(F)c2)c2cccc(F)c2)cc1.Cc1ccc([B-](c2ccc(C)cc2)(c2ccc(C)cc2)c2ccc(C)cc2)cc1.Cc1ccc([B-](c2cccc(F)c2)(c2cccc(F)c2)c2cccc(F)c2)cc1.[BH2-](c1ccccc1)c1cccc2ccccc12.[BH3-]c1cccc2ccccc12. The van der Waals surface area contributed by atoms with Gasteiger partial charge in [-0.1, -0.05) is 397 Å². The minimum Gasteiger partial charge on any atom is -0.497 e. The molecule has 116 heavy (non-hydrogen) atoms. The number of benzene rings is 17. The van der Waals surface area contributed by atoms with E-state index < -0.39 is 53.3 Å². The second-order valence-corrected chi connectivity index (χ2v) is 30.2. The number of aryl methyl sites for hydroxylation is 5. The lowest BCUT2D eigenvalue weighted by molar-refractivity contribution is 0.415. The number of hydrogen-bond donors (Lipinski definition) is 0. The molecule has 12 heteroatoms. The molecule has 0 amide bonds. The Morgan fingerprint density at radius 2 is 0.474 bits per heavy atom. The van der Waals surface area contributed by atoms with Crippen LogP contribution >= 0.6 is 0 Å². The monoisotopic (exact) mass is 1520 g/mol. The van der Waals surface area contributed by atoms with E-state index >= 15 is 0 Å². The van der Waals surface area contributed by atoms with Crippen molar-refractivity contribution in [1.82, 2.24) is 0 Å². The van der Waals surface area contributed by atoms with E-state index in [0.717, 1.165) is 16.5 Å². The van der Waals surface area contributed by atoms with Crippen molar-refractivity contribution in [3.8, 4) is 5.75 Å². The molecule has 0 radical (unpaired) electrons. The Morgan fingerprint density at radius 1 is 0.233 bits per heavy atom. The zero-order valence-corrected chi connectivity index (χ0v) is 65.6. The Bertz CT molecular complexity index is 5710. The molecule has 0 atom stereocenters. The molecule has 0 aliphatic heterocycles. The van der Waals surface area contributed by atoms with Crippen LogP contribution in [-0.2, 0) is 0 Å². The van der Waals surface area contributed by atoms with Gasteiger partial charge in [-0.2, -0.15) is 65.6 Å². The number of hydrogen-bond acceptors (Lipinski definition) is 1. The van der Waals surface area contributed by atoms with Crippen LogP contribution in [0.1, 0.15) is 27.8 Å². The van der Waals surface area contributed by atoms with Crippen LogP contribution in [0.3, 0.4) is 0 Å². The summed E-state index contributed by atoms with van der Waals surface area (Å²) in [4.78, 5) is 0. The topological polar surface area (TPSA) is 9.23 Å². The van der Waals surface area contributed by atoms with Gasteiger partial charge in [0.15, 0.2) is 0 Å². The van der Waals surface area contributed by atoms with E-state index in [1.165, 1.54) is 149 Å². The smallest absolute Gasteiger partial charge is 0.120 e. The van der Waals surface area contributed by atoms with E-state index in [2.05, 4.69) is 240 Å². The summed E-state index contributed by atoms with van der Waals surface area (Å²) in [5.74, 6) is -1.78. The quantitative estimate of drug-likeness (QED) is 0.0734. The molecular formula is C104H90B5F6O-5. The fourth-order valence-electron chi connectivity index (χ4n) is 17.0. The lowest BCUT2D eigenvalue weighted by Gasteiger charge is -2.44. The highest BCUT2D eigenvalue weighted by molar-refractivity contribution is 7.21. The molecule has 0 bridgehead atoms. The van der Waals surface area contributed by atoms with E-state index in [1.807, 2.05) is 61.5 Å². The van der Waals surface area contributed by atoms with Crippen LogP contribution < -0.4 is 86.7 Å². The minimum absolute atomic E-state index is 0.220. The summed E-state index contributed by atoms with van der Waals surface area (Å²) in [6.45, 7) is 10.6. The summed E-state index contributed by atoms with van der Waals surface area (Å²) in [6, 6.07) is 130. The third-order valence-corrected chi connectivity index (χ3v) is 22.7. The summed E-state index contributed by atoms with van der Waals surface area (Å²) < 4.78 is 91.4. The number of methoxy groups -OCH3 is 1. The lowest BCUT2D eigenvalue weighted by Crippen LogP contribution is -2.75. The highest BCUT2D eigenvalue weighted by atomic mass is 19.1. The third kappa shape index (κ3) is 18.3. The molecule has 0 aliphatic rings. The van der Waals surface area contributed by atoms with Gasteiger partial charge < -0.3 is 4.74 Å². The molecule has 0 saturated carbocycles. The maximum atomic E-state index is 14.4. The van der Waals surface area contributed by atoms with Crippen molar-refractivity contribution in [3.63, 3.8) is 0 Å². The molecular weight excluding hydrogens is 1430 g/mol. The molecule has 0 N–H and O–H groups in total. The number of fused-ring (bicyclic) bond motifs is 2. The van der Waals surface area contributed by atoms with E-state index in [-0.39, 0.29) is 7.28 Å². The first-order valence-corrected chi connectivity index (χ1v) is 39.1. The maximum Gasteiger partial charge on any atom is 0.120 e. The van der Waals surface area contributed by atoms with Gasteiger partial charge in [-0.3, -0.25) is 0 Å². The molecule has 0 spiro atoms. The lowest BCUT2D eigenvalue weighted by atomic mass is 9.13. The predicted molar refractivity (Wildman–Crippen MR) is 492 cm³/mol. The fourth-order valence-corrected chi connectivity index (χ4v) is 17.0. The summed E-state index contributed by atoms with van der Waals surface area (Å²) in [5, 5.41) is 5.62. The average molecular weight is 1520 g/mol. The molecule has 17 aromatic carbocycles. The van der Waals surface area contributed by atoms with Crippen LogP contribution in [0.15, 0.2) is 406 Å². The van der Waals surface area contributed by atoms with Crippen molar-refractivity contribution < 1.29 is 31.1 Å². The van der Waals surface area contributed by atoms with E-state index in [9.17, 15) is 26.3 Å². The Labute approximate surface area is 680 Å². The third-order valence-electron chi connectivity index (χ3n) is 22.7. The summed E-state index contributed by atoms with van der Waals surface area (Å²) in [7, 11) is 1.68. The van der Waals surface area contributed by atoms with Crippen molar-refractivity contribution in [2.24, 2.45) is 0 Å². The maximum absolute atomic E-state index is 14.4. The van der Waals surface area contributed by atoms with Crippen LogP contribution in [0.25, 0.3) is 21.5 Å². The van der Waals surface area contributed by atoms with Gasteiger partial charge in [0.1, 0.15) is 59.1 Å². The van der Waals surface area contributed by atoms with Gasteiger partial charge >= 0.3 is 0 Å². The molecule has 0 unspecified atom stereocenters. The number of halogens is 6. The normalized spacial score (nSPS) is 11.2. The van der Waals surface area contributed by atoms with Gasteiger partial charge in [0.2, 0.25) is 0 Å². The highest BCUT2D eigenvalue weighted by Crippen LogP contribution is 2.20. The Kier molecular flexibility index (Phi) is 26.0. The second-order valence-electron chi connectivity index (χ2n) is 30.2. The highest BCUT2D eigenvalue weighted by Gasteiger charge is 2.35. The first-order valence-electron chi connectivity index (χ1n) is 39.1. The van der Waals surface area contributed by atoms with Gasteiger partial charge in [0.25, 0.3) is 0 Å². The van der Waals surface area contributed by atoms with Crippen molar-refractivity contribution >= 4 is 137 Å². The standard InChI is InChI=1S/C28H28B.C25H19BF3O.C25H19BF3.C16H14B.C10H10B/c1-21-5-13-25(14-6-21)29(26-15-7-22(2)8-16-26,27-17-9-23(3)10-18-27)28-19-11-24(4)12-20-28;1-30-25-13-11-18(12-14-25)26(19-5-2-8-22(27)15-19,20-6-3-9-23(28)16-20)21-7-4-10-24(29)17-21;1-18-11-13-19(14-12-18)26(20-5-2-8-23(27)15-20,21-6-3-9-24(28)16-21)22-7-4-10-25(29)17-22;1-2-9-14(10-3-1)17-16-12-6-8-13-7-4-5-11-15(13)16;11-10-7-3-5-8-4-1-2-6-9(8)10/h5-20H,1-4H3;2-17H,1H3;2-17H,1H3;1-12H,17H2;1-7H,11H3/q5*-1. The molecule has 0 saturated heterocycles. The van der Waals surface area contributed by atoms with Crippen LogP contribution in [0.2, 0.25) is 0 Å². The van der Waals surface area contributed by atoms with Crippen LogP contribution in [0.4, 0.5) is 26.3 Å². The van der Waals surface area contributed by atoms with Crippen molar-refractivity contribution in [2.45, 2.75) is 34.6 Å². The van der Waals surface area contributed by atoms with Gasteiger partial charge in [-0.25, -0.2) is 42.7 Å². The average Bonchev–Trinajstić information content (AvgIpc) is 0.747. The molecule has 0 aliphatic carbocycles. The number of rotatable bonds is 15. The Balaban J connectivity index is 0.000000130. The van der Waals surface area contributed by atoms with Gasteiger partial charge in [-0.05, 0) is 102 Å². The molecule has 0 aromatic heterocycles. The predicted octanol–water partition coefficient (Wildman–Crippen LogP) is 14.4. The largest absolute Gasteiger partial charge is 0.497 e. The van der Waals surface area contributed by atoms with Crippen LogP contribution in [0, 0.1) is 69.5 Å². The summed E-state index contributed by atoms with van der Waals surface area (Å²) in [6.07, 6.45) is -5.35. The molecule has 0 fully saturated rings. The zero-order valence-electron chi connectivity index (χ0n) is 65.6. The summed E-state index contributed by atoms with van der Waals surface area (Å²) in [5.41, 5.74) is 21.7. The first-order chi connectivity index (χ1) is 56.3. The molecule has 17 aromatic rings. The van der Waals surface area contributed by atoms with Crippen molar-refractivity contribution in [1.29, 1.82) is 0 Å². The molecule has 0 heterocycles. The Morgan fingerprint density at radius 3 is 0.767 bits per heavy atom. The minimum atomic E-state index is -2.07.